The first kappa shape index (κ1) is 13.9. The molecule has 0 radical (unpaired) electrons. The monoisotopic (exact) mass is 289 g/mol. The molecule has 0 fully saturated rings. The van der Waals surface area contributed by atoms with Crippen LogP contribution in [0.2, 0.25) is 0 Å². The normalized spacial score (nSPS) is 10.2. The molecule has 0 bridgehead atoms. The predicted molar refractivity (Wildman–Crippen MR) is 87.2 cm³/mol. The van der Waals surface area contributed by atoms with Crippen LogP contribution in [0.3, 0.4) is 0 Å². The second kappa shape index (κ2) is 6.18. The Kier molecular flexibility index (Phi) is 3.92. The first-order chi connectivity index (χ1) is 10.7. The molecule has 1 aromatic carbocycles. The molecule has 2 aromatic heterocycles. The van der Waals surface area contributed by atoms with E-state index in [0.717, 1.165) is 28.2 Å². The van der Waals surface area contributed by atoms with Gasteiger partial charge in [-0.2, -0.15) is 0 Å². The van der Waals surface area contributed by atoms with Crippen LogP contribution in [-0.2, 0) is 4.79 Å². The van der Waals surface area contributed by atoms with Crippen LogP contribution in [0.25, 0.3) is 22.5 Å². The number of hydrogen-bond acceptors (Lipinski definition) is 3. The molecule has 0 saturated heterocycles. The number of pyridine rings is 2. The highest BCUT2D eigenvalue weighted by atomic mass is 16.1. The molecule has 0 atom stereocenters. The second-order valence-electron chi connectivity index (χ2n) is 4.91. The van der Waals surface area contributed by atoms with Gasteiger partial charge >= 0.3 is 0 Å². The highest BCUT2D eigenvalue weighted by Gasteiger charge is 2.07. The molecule has 0 aliphatic heterocycles. The van der Waals surface area contributed by atoms with E-state index >= 15 is 0 Å². The third-order valence-corrected chi connectivity index (χ3v) is 3.17. The molecule has 2 heterocycles. The average Bonchev–Trinajstić information content (AvgIpc) is 2.55. The molecule has 0 unspecified atom stereocenters. The molecule has 1 amide bonds. The molecule has 0 spiro atoms. The summed E-state index contributed by atoms with van der Waals surface area (Å²) >= 11 is 0. The van der Waals surface area contributed by atoms with Crippen LogP contribution in [0.5, 0.6) is 0 Å². The molecule has 0 saturated carbocycles. The van der Waals surface area contributed by atoms with E-state index in [1.807, 2.05) is 54.6 Å². The van der Waals surface area contributed by atoms with E-state index in [4.69, 9.17) is 0 Å². The number of anilines is 1. The quantitative estimate of drug-likeness (QED) is 0.798. The molecular formula is C18H15N3O. The third kappa shape index (κ3) is 3.17. The number of rotatable bonds is 3. The van der Waals surface area contributed by atoms with Gasteiger partial charge in [0.15, 0.2) is 0 Å². The lowest BCUT2D eigenvalue weighted by Crippen LogP contribution is -2.06. The van der Waals surface area contributed by atoms with Gasteiger partial charge in [-0.3, -0.25) is 14.8 Å². The van der Waals surface area contributed by atoms with Crippen LogP contribution in [0.1, 0.15) is 6.92 Å². The lowest BCUT2D eigenvalue weighted by atomic mass is 10.0. The van der Waals surface area contributed by atoms with Crippen molar-refractivity contribution in [3.63, 3.8) is 0 Å². The Hall–Kier alpha value is -3.01. The summed E-state index contributed by atoms with van der Waals surface area (Å²) in [5.41, 5.74) is 4.31. The Balaban J connectivity index is 2.12. The number of nitrogens with one attached hydrogen (secondary N) is 1. The Morgan fingerprint density at radius 3 is 1.82 bits per heavy atom. The molecule has 108 valence electrons. The molecule has 0 aliphatic carbocycles. The number of carbonyl (C=O) groups is 1. The highest BCUT2D eigenvalue weighted by molar-refractivity contribution is 5.90. The number of hydrogen-bond donors (Lipinski definition) is 1. The van der Waals surface area contributed by atoms with E-state index in [2.05, 4.69) is 15.3 Å². The molecule has 1 N–H and O–H groups in total. The molecule has 3 rings (SSSR count). The van der Waals surface area contributed by atoms with Crippen molar-refractivity contribution in [1.29, 1.82) is 0 Å². The van der Waals surface area contributed by atoms with Gasteiger partial charge in [-0.05, 0) is 42.5 Å². The van der Waals surface area contributed by atoms with Gasteiger partial charge in [0.1, 0.15) is 0 Å². The maximum Gasteiger partial charge on any atom is 0.221 e. The number of aromatic nitrogens is 2. The zero-order valence-electron chi connectivity index (χ0n) is 12.2. The van der Waals surface area contributed by atoms with Crippen LogP contribution in [0, 0.1) is 0 Å². The van der Waals surface area contributed by atoms with Crippen LogP contribution in [0.15, 0.2) is 67.0 Å². The van der Waals surface area contributed by atoms with Crippen LogP contribution in [0.4, 0.5) is 5.69 Å². The molecule has 4 nitrogen and oxygen atoms in total. The minimum Gasteiger partial charge on any atom is -0.326 e. The minimum atomic E-state index is -0.106. The van der Waals surface area contributed by atoms with Gasteiger partial charge in [-0.1, -0.05) is 12.1 Å². The van der Waals surface area contributed by atoms with Crippen molar-refractivity contribution in [3.05, 3.63) is 67.0 Å². The fourth-order valence-corrected chi connectivity index (χ4v) is 2.27. The molecule has 0 aliphatic rings. The van der Waals surface area contributed by atoms with E-state index in [1.165, 1.54) is 6.92 Å². The largest absolute Gasteiger partial charge is 0.326 e. The van der Waals surface area contributed by atoms with Crippen molar-refractivity contribution in [1.82, 2.24) is 9.97 Å². The van der Waals surface area contributed by atoms with Gasteiger partial charge in [-0.15, -0.1) is 0 Å². The maximum absolute atomic E-state index is 11.4. The van der Waals surface area contributed by atoms with E-state index in [0.29, 0.717) is 0 Å². The Morgan fingerprint density at radius 1 is 0.864 bits per heavy atom. The van der Waals surface area contributed by atoms with Crippen LogP contribution in [-0.4, -0.2) is 15.9 Å². The number of nitrogens with zero attached hydrogens (tertiary/aromatic N) is 2. The SMILES string of the molecule is CC(=O)Nc1cc(-c2ccccn2)cc(-c2ccccn2)c1. The molecular weight excluding hydrogens is 274 g/mol. The predicted octanol–water partition coefficient (Wildman–Crippen LogP) is 3.77. The van der Waals surface area contributed by atoms with E-state index < -0.39 is 0 Å². The van der Waals surface area contributed by atoms with Crippen molar-refractivity contribution in [2.75, 3.05) is 5.32 Å². The van der Waals surface area contributed by atoms with Gasteiger partial charge < -0.3 is 5.32 Å². The summed E-state index contributed by atoms with van der Waals surface area (Å²) in [6.45, 7) is 1.49. The summed E-state index contributed by atoms with van der Waals surface area (Å²) < 4.78 is 0. The topological polar surface area (TPSA) is 54.9 Å². The summed E-state index contributed by atoms with van der Waals surface area (Å²) in [7, 11) is 0. The second-order valence-corrected chi connectivity index (χ2v) is 4.91. The van der Waals surface area contributed by atoms with Gasteiger partial charge in [0.25, 0.3) is 0 Å². The summed E-state index contributed by atoms with van der Waals surface area (Å²) in [6, 6.07) is 17.4. The van der Waals surface area contributed by atoms with Gasteiger partial charge in [-0.25, -0.2) is 0 Å². The number of amides is 1. The lowest BCUT2D eigenvalue weighted by Gasteiger charge is -2.10. The summed E-state index contributed by atoms with van der Waals surface area (Å²) in [5, 5.41) is 2.83. The average molecular weight is 289 g/mol. The smallest absolute Gasteiger partial charge is 0.221 e. The Morgan fingerprint density at radius 2 is 1.41 bits per heavy atom. The van der Waals surface area contributed by atoms with Gasteiger partial charge in [0.2, 0.25) is 5.91 Å². The molecule has 22 heavy (non-hydrogen) atoms. The van der Waals surface area contributed by atoms with E-state index in [9.17, 15) is 4.79 Å². The number of carbonyl (C=O) groups excluding carboxylic acids is 1. The zero-order chi connectivity index (χ0) is 15.4. The van der Waals surface area contributed by atoms with Crippen molar-refractivity contribution in [2.24, 2.45) is 0 Å². The minimum absolute atomic E-state index is 0.106. The number of benzene rings is 1. The zero-order valence-corrected chi connectivity index (χ0v) is 12.2. The first-order valence-electron chi connectivity index (χ1n) is 6.98. The van der Waals surface area contributed by atoms with E-state index in [-0.39, 0.29) is 5.91 Å². The fraction of sp³-hybridized carbons (Fsp3) is 0.0556. The van der Waals surface area contributed by atoms with Crippen LogP contribution < -0.4 is 5.32 Å². The van der Waals surface area contributed by atoms with Crippen molar-refractivity contribution in [2.45, 2.75) is 6.92 Å². The van der Waals surface area contributed by atoms with Gasteiger partial charge in [0.05, 0.1) is 11.4 Å². The first-order valence-corrected chi connectivity index (χ1v) is 6.98. The van der Waals surface area contributed by atoms with Gasteiger partial charge in [0, 0.05) is 36.1 Å². The standard InChI is InChI=1S/C18H15N3O/c1-13(22)21-16-11-14(17-6-2-4-8-19-17)10-15(12-16)18-7-3-5-9-20-18/h2-12H,1H3,(H,21,22). The van der Waals surface area contributed by atoms with Crippen molar-refractivity contribution < 1.29 is 4.79 Å². The maximum atomic E-state index is 11.4. The summed E-state index contributed by atoms with van der Waals surface area (Å²) in [4.78, 5) is 20.1. The van der Waals surface area contributed by atoms with Crippen LogP contribution >= 0.6 is 0 Å². The highest BCUT2D eigenvalue weighted by Crippen LogP contribution is 2.28. The van der Waals surface area contributed by atoms with Crippen molar-refractivity contribution >= 4 is 11.6 Å². The molecule has 3 aromatic rings. The third-order valence-electron chi connectivity index (χ3n) is 3.17. The summed E-state index contributed by atoms with van der Waals surface area (Å²) in [6.07, 6.45) is 3.50. The fourth-order valence-electron chi connectivity index (χ4n) is 2.27. The summed E-state index contributed by atoms with van der Waals surface area (Å²) in [5.74, 6) is -0.106. The lowest BCUT2D eigenvalue weighted by molar-refractivity contribution is -0.114. The van der Waals surface area contributed by atoms with E-state index in [1.54, 1.807) is 12.4 Å². The molecule has 4 heteroatoms. The Bertz CT molecular complexity index is 728. The van der Waals surface area contributed by atoms with Crippen molar-refractivity contribution in [3.8, 4) is 22.5 Å². The Labute approximate surface area is 128 Å².